The molecule has 0 amide bonds. The van der Waals surface area contributed by atoms with Crippen molar-refractivity contribution >= 4 is 5.96 Å². The van der Waals surface area contributed by atoms with E-state index in [0.29, 0.717) is 6.54 Å². The van der Waals surface area contributed by atoms with Crippen molar-refractivity contribution in [3.63, 3.8) is 0 Å². The summed E-state index contributed by atoms with van der Waals surface area (Å²) in [5.74, 6) is 0.882. The highest BCUT2D eigenvalue weighted by atomic mass is 15.2. The van der Waals surface area contributed by atoms with Crippen LogP contribution in [0.2, 0.25) is 0 Å². The lowest BCUT2D eigenvalue weighted by Crippen LogP contribution is -2.37. The van der Waals surface area contributed by atoms with Crippen molar-refractivity contribution < 1.29 is 0 Å². The van der Waals surface area contributed by atoms with Crippen LogP contribution >= 0.6 is 0 Å². The van der Waals surface area contributed by atoms with Gasteiger partial charge in [0, 0.05) is 19.6 Å². The topological polar surface area (TPSA) is 67.1 Å². The molecule has 0 saturated heterocycles. The Labute approximate surface area is 144 Å². The molecule has 2 N–H and O–H groups in total. The minimum Gasteiger partial charge on any atom is -0.357 e. The van der Waals surface area contributed by atoms with Crippen molar-refractivity contribution in [2.45, 2.75) is 46.2 Å². The van der Waals surface area contributed by atoms with Crippen molar-refractivity contribution in [1.29, 1.82) is 0 Å². The maximum absolute atomic E-state index is 4.71. The second kappa shape index (κ2) is 10.4. The number of aryl methyl sites for hydroxylation is 2. The third-order valence-corrected chi connectivity index (χ3v) is 3.85. The maximum atomic E-state index is 4.71. The molecule has 1 aromatic carbocycles. The van der Waals surface area contributed by atoms with Gasteiger partial charge in [0.1, 0.15) is 12.7 Å². The molecular formula is C18H28N6. The molecule has 24 heavy (non-hydrogen) atoms. The highest BCUT2D eigenvalue weighted by molar-refractivity contribution is 5.79. The number of aromatic nitrogens is 3. The molecule has 6 nitrogen and oxygen atoms in total. The molecule has 1 aromatic heterocycles. The van der Waals surface area contributed by atoms with Gasteiger partial charge in [-0.25, -0.2) is 4.99 Å². The first-order valence-electron chi connectivity index (χ1n) is 8.74. The molecule has 0 bridgehead atoms. The van der Waals surface area contributed by atoms with Gasteiger partial charge in [0.05, 0.1) is 6.54 Å². The Morgan fingerprint density at radius 2 is 1.79 bits per heavy atom. The normalized spacial score (nSPS) is 11.5. The van der Waals surface area contributed by atoms with E-state index in [2.05, 4.69) is 58.9 Å². The number of benzene rings is 1. The predicted molar refractivity (Wildman–Crippen MR) is 97.9 cm³/mol. The molecule has 0 atom stereocenters. The summed E-state index contributed by atoms with van der Waals surface area (Å²) in [7, 11) is 0. The van der Waals surface area contributed by atoms with Crippen molar-refractivity contribution in [2.24, 2.45) is 4.99 Å². The first-order valence-corrected chi connectivity index (χ1v) is 8.74. The Morgan fingerprint density at radius 3 is 2.50 bits per heavy atom. The molecule has 130 valence electrons. The number of hydrogen-bond donors (Lipinski definition) is 2. The molecule has 2 aromatic rings. The van der Waals surface area contributed by atoms with Crippen LogP contribution in [-0.4, -0.2) is 33.8 Å². The monoisotopic (exact) mass is 328 g/mol. The van der Waals surface area contributed by atoms with Gasteiger partial charge in [-0.2, -0.15) is 0 Å². The summed E-state index contributed by atoms with van der Waals surface area (Å²) in [4.78, 5) is 4.71. The first kappa shape index (κ1) is 18.0. The minimum atomic E-state index is 0.708. The Hall–Kier alpha value is -2.37. The fourth-order valence-electron chi connectivity index (χ4n) is 2.53. The van der Waals surface area contributed by atoms with Gasteiger partial charge in [-0.3, -0.25) is 0 Å². The zero-order valence-corrected chi connectivity index (χ0v) is 14.7. The van der Waals surface area contributed by atoms with Crippen molar-refractivity contribution in [1.82, 2.24) is 25.4 Å². The average molecular weight is 328 g/mol. The Bertz CT molecular complexity index is 606. The van der Waals surface area contributed by atoms with Gasteiger partial charge in [0.25, 0.3) is 0 Å². The Morgan fingerprint density at radius 1 is 1.04 bits per heavy atom. The summed E-state index contributed by atoms with van der Waals surface area (Å²) in [6.45, 7) is 7.70. The molecule has 0 unspecified atom stereocenters. The fourth-order valence-corrected chi connectivity index (χ4v) is 2.53. The standard InChI is InChI=1S/C18H28N6/c1-3-16-9-5-6-10-17(16)13-21-18(19-4-2)20-11-7-8-12-24-14-22-23-15-24/h5-6,9-10,14-15H,3-4,7-8,11-13H2,1-2H3,(H2,19,20,21). The number of rotatable bonds is 9. The van der Waals surface area contributed by atoms with E-state index >= 15 is 0 Å². The highest BCUT2D eigenvalue weighted by Crippen LogP contribution is 2.10. The predicted octanol–water partition coefficient (Wildman–Crippen LogP) is 2.38. The van der Waals surface area contributed by atoms with Crippen LogP contribution in [0.3, 0.4) is 0 Å². The number of unbranched alkanes of at least 4 members (excludes halogenated alkanes) is 1. The molecule has 0 saturated carbocycles. The maximum Gasteiger partial charge on any atom is 0.191 e. The third kappa shape index (κ3) is 6.02. The van der Waals surface area contributed by atoms with Crippen molar-refractivity contribution in [3.8, 4) is 0 Å². The summed E-state index contributed by atoms with van der Waals surface area (Å²) in [6, 6.07) is 8.50. The SMILES string of the molecule is CCNC(=NCc1ccccc1CC)NCCCCn1cnnc1. The van der Waals surface area contributed by atoms with Crippen LogP contribution < -0.4 is 10.6 Å². The highest BCUT2D eigenvalue weighted by Gasteiger charge is 2.01. The lowest BCUT2D eigenvalue weighted by molar-refractivity contribution is 0.598. The molecule has 2 rings (SSSR count). The average Bonchev–Trinajstić information content (AvgIpc) is 3.13. The molecule has 0 spiro atoms. The van der Waals surface area contributed by atoms with Crippen molar-refractivity contribution in [2.75, 3.05) is 13.1 Å². The summed E-state index contributed by atoms with van der Waals surface area (Å²) >= 11 is 0. The molecule has 1 heterocycles. The van der Waals surface area contributed by atoms with Gasteiger partial charge in [0.15, 0.2) is 5.96 Å². The van der Waals surface area contributed by atoms with Gasteiger partial charge < -0.3 is 15.2 Å². The number of aliphatic imine (C=N–C) groups is 1. The van der Waals surface area contributed by atoms with Crippen LogP contribution in [0.5, 0.6) is 0 Å². The van der Waals surface area contributed by atoms with E-state index < -0.39 is 0 Å². The quantitative estimate of drug-likeness (QED) is 0.421. The molecule has 0 aliphatic heterocycles. The lowest BCUT2D eigenvalue weighted by Gasteiger charge is -2.12. The summed E-state index contributed by atoms with van der Waals surface area (Å²) < 4.78 is 2.00. The van der Waals surface area contributed by atoms with Crippen LogP contribution in [0.1, 0.15) is 37.8 Å². The molecule has 0 radical (unpaired) electrons. The van der Waals surface area contributed by atoms with E-state index in [1.165, 1.54) is 11.1 Å². The van der Waals surface area contributed by atoms with Crippen LogP contribution in [-0.2, 0) is 19.5 Å². The zero-order valence-electron chi connectivity index (χ0n) is 14.7. The number of guanidine groups is 1. The minimum absolute atomic E-state index is 0.708. The summed E-state index contributed by atoms with van der Waals surface area (Å²) in [6.07, 6.45) is 6.71. The van der Waals surface area contributed by atoms with Gasteiger partial charge in [-0.05, 0) is 37.3 Å². The molecule has 0 aliphatic carbocycles. The van der Waals surface area contributed by atoms with Crippen molar-refractivity contribution in [3.05, 3.63) is 48.0 Å². The van der Waals surface area contributed by atoms with E-state index in [9.17, 15) is 0 Å². The molecule has 6 heteroatoms. The van der Waals surface area contributed by atoms with Gasteiger partial charge in [-0.15, -0.1) is 10.2 Å². The molecular weight excluding hydrogens is 300 g/mol. The number of nitrogens with zero attached hydrogens (tertiary/aromatic N) is 4. The summed E-state index contributed by atoms with van der Waals surface area (Å²) in [5.41, 5.74) is 2.66. The lowest BCUT2D eigenvalue weighted by atomic mass is 10.1. The Balaban J connectivity index is 1.77. The van der Waals surface area contributed by atoms with Gasteiger partial charge in [-0.1, -0.05) is 31.2 Å². The van der Waals surface area contributed by atoms with Gasteiger partial charge >= 0.3 is 0 Å². The summed E-state index contributed by atoms with van der Waals surface area (Å²) in [5, 5.41) is 14.3. The van der Waals surface area contributed by atoms with E-state index in [1.54, 1.807) is 12.7 Å². The van der Waals surface area contributed by atoms with Crippen LogP contribution in [0, 0.1) is 0 Å². The third-order valence-electron chi connectivity index (χ3n) is 3.85. The van der Waals surface area contributed by atoms with Crippen LogP contribution in [0.15, 0.2) is 41.9 Å². The second-order valence-corrected chi connectivity index (χ2v) is 5.65. The van der Waals surface area contributed by atoms with Crippen LogP contribution in [0.4, 0.5) is 0 Å². The van der Waals surface area contributed by atoms with E-state index in [0.717, 1.165) is 44.9 Å². The van der Waals surface area contributed by atoms with E-state index in [-0.39, 0.29) is 0 Å². The van der Waals surface area contributed by atoms with Gasteiger partial charge in [0.2, 0.25) is 0 Å². The van der Waals surface area contributed by atoms with E-state index in [1.807, 2.05) is 4.57 Å². The smallest absolute Gasteiger partial charge is 0.191 e. The van der Waals surface area contributed by atoms with Crippen LogP contribution in [0.25, 0.3) is 0 Å². The number of hydrogen-bond acceptors (Lipinski definition) is 3. The zero-order chi connectivity index (χ0) is 17.0. The molecule has 0 fully saturated rings. The molecule has 0 aliphatic rings. The first-order chi connectivity index (χ1) is 11.8. The fraction of sp³-hybridized carbons (Fsp3) is 0.500. The number of nitrogens with one attached hydrogen (secondary N) is 2. The second-order valence-electron chi connectivity index (χ2n) is 5.65. The van der Waals surface area contributed by atoms with E-state index in [4.69, 9.17) is 4.99 Å². The largest absolute Gasteiger partial charge is 0.357 e. The Kier molecular flexibility index (Phi) is 7.80.